The minimum atomic E-state index is 0.272. The van der Waals surface area contributed by atoms with Crippen molar-refractivity contribution < 1.29 is 4.74 Å². The van der Waals surface area contributed by atoms with E-state index in [1.54, 1.807) is 7.11 Å². The van der Waals surface area contributed by atoms with E-state index in [4.69, 9.17) is 4.74 Å². The van der Waals surface area contributed by atoms with Gasteiger partial charge >= 0.3 is 0 Å². The second-order valence-electron chi connectivity index (χ2n) is 3.89. The van der Waals surface area contributed by atoms with Gasteiger partial charge in [-0.15, -0.1) is 11.8 Å². The fourth-order valence-corrected chi connectivity index (χ4v) is 1.98. The van der Waals surface area contributed by atoms with Gasteiger partial charge in [-0.3, -0.25) is 0 Å². The molecule has 1 nitrogen and oxygen atoms in total. The topological polar surface area (TPSA) is 9.23 Å². The first-order valence-corrected chi connectivity index (χ1v) is 5.16. The Morgan fingerprint density at radius 1 is 1.08 bits per heavy atom. The van der Waals surface area contributed by atoms with Crippen LogP contribution in [0.15, 0.2) is 29.2 Å². The Kier molecular flexibility index (Phi) is 3.26. The summed E-state index contributed by atoms with van der Waals surface area (Å²) in [6.07, 6.45) is 0. The van der Waals surface area contributed by atoms with Crippen LogP contribution in [-0.2, 0) is 0 Å². The lowest BCUT2D eigenvalue weighted by molar-refractivity contribution is 0.414. The number of hydrogen-bond acceptors (Lipinski definition) is 2. The minimum absolute atomic E-state index is 0.272. The Morgan fingerprint density at radius 3 is 2.00 bits per heavy atom. The summed E-state index contributed by atoms with van der Waals surface area (Å²) in [6, 6.07) is 8.17. The Bertz CT molecular complexity index is 258. The van der Waals surface area contributed by atoms with E-state index in [-0.39, 0.29) is 4.75 Å². The van der Waals surface area contributed by atoms with E-state index in [1.165, 1.54) is 4.90 Å². The van der Waals surface area contributed by atoms with Gasteiger partial charge in [0.25, 0.3) is 0 Å². The van der Waals surface area contributed by atoms with Crippen LogP contribution in [0.1, 0.15) is 20.8 Å². The maximum Gasteiger partial charge on any atom is 0.118 e. The van der Waals surface area contributed by atoms with Gasteiger partial charge in [-0.1, -0.05) is 20.8 Å². The normalized spacial score (nSPS) is 11.4. The number of benzene rings is 1. The Labute approximate surface area is 84.5 Å². The molecule has 0 radical (unpaired) electrons. The van der Waals surface area contributed by atoms with Crippen molar-refractivity contribution in [3.63, 3.8) is 0 Å². The third kappa shape index (κ3) is 3.73. The highest BCUT2D eigenvalue weighted by Crippen LogP contribution is 2.32. The van der Waals surface area contributed by atoms with Gasteiger partial charge in [0.1, 0.15) is 5.75 Å². The maximum absolute atomic E-state index is 5.09. The molecule has 0 aliphatic heterocycles. The van der Waals surface area contributed by atoms with E-state index >= 15 is 0 Å². The number of rotatable bonds is 2. The molecule has 0 fully saturated rings. The fraction of sp³-hybridized carbons (Fsp3) is 0.455. The van der Waals surface area contributed by atoms with Crippen molar-refractivity contribution in [3.05, 3.63) is 24.3 Å². The van der Waals surface area contributed by atoms with Crippen LogP contribution in [0.3, 0.4) is 0 Å². The lowest BCUT2D eigenvalue weighted by Crippen LogP contribution is -2.06. The maximum atomic E-state index is 5.09. The van der Waals surface area contributed by atoms with Crippen LogP contribution in [0.2, 0.25) is 0 Å². The molecule has 2 heteroatoms. The SMILES string of the molecule is COc1ccc(SC(C)(C)C)cc1. The van der Waals surface area contributed by atoms with Crippen molar-refractivity contribution in [1.82, 2.24) is 0 Å². The second-order valence-corrected chi connectivity index (χ2v) is 5.79. The molecule has 0 saturated carbocycles. The van der Waals surface area contributed by atoms with Crippen molar-refractivity contribution in [1.29, 1.82) is 0 Å². The van der Waals surface area contributed by atoms with Gasteiger partial charge in [0.05, 0.1) is 7.11 Å². The van der Waals surface area contributed by atoms with Crippen LogP contribution < -0.4 is 4.74 Å². The van der Waals surface area contributed by atoms with Gasteiger partial charge in [-0.05, 0) is 24.3 Å². The largest absolute Gasteiger partial charge is 0.497 e. The van der Waals surface area contributed by atoms with Gasteiger partial charge in [-0.2, -0.15) is 0 Å². The van der Waals surface area contributed by atoms with Crippen LogP contribution in [0.25, 0.3) is 0 Å². The predicted octanol–water partition coefficient (Wildman–Crippen LogP) is 3.59. The molecular formula is C11H16OS. The van der Waals surface area contributed by atoms with Crippen LogP contribution in [0, 0.1) is 0 Å². The third-order valence-electron chi connectivity index (χ3n) is 1.48. The van der Waals surface area contributed by atoms with E-state index in [0.29, 0.717) is 0 Å². The summed E-state index contributed by atoms with van der Waals surface area (Å²) in [5, 5.41) is 0. The Balaban J connectivity index is 2.70. The summed E-state index contributed by atoms with van der Waals surface area (Å²) >= 11 is 1.86. The highest BCUT2D eigenvalue weighted by atomic mass is 32.2. The molecule has 1 aromatic rings. The molecule has 0 aliphatic carbocycles. The number of thioether (sulfide) groups is 1. The molecule has 0 unspecified atom stereocenters. The van der Waals surface area contributed by atoms with Crippen molar-refractivity contribution in [2.24, 2.45) is 0 Å². The predicted molar refractivity (Wildman–Crippen MR) is 58.6 cm³/mol. The smallest absolute Gasteiger partial charge is 0.118 e. The molecule has 1 aromatic carbocycles. The third-order valence-corrected chi connectivity index (χ3v) is 2.60. The van der Waals surface area contributed by atoms with Gasteiger partial charge in [0.15, 0.2) is 0 Å². The number of ether oxygens (including phenoxy) is 1. The molecule has 0 bridgehead atoms. The minimum Gasteiger partial charge on any atom is -0.497 e. The second kappa shape index (κ2) is 4.05. The van der Waals surface area contributed by atoms with E-state index < -0.39 is 0 Å². The summed E-state index contributed by atoms with van der Waals surface area (Å²) in [5.41, 5.74) is 0. The molecule has 0 amide bonds. The molecule has 1 rings (SSSR count). The molecule has 0 aliphatic rings. The lowest BCUT2D eigenvalue weighted by atomic mass is 10.3. The molecule has 0 N–H and O–H groups in total. The molecule has 0 atom stereocenters. The van der Waals surface area contributed by atoms with Crippen molar-refractivity contribution in [3.8, 4) is 5.75 Å². The summed E-state index contributed by atoms with van der Waals surface area (Å²) < 4.78 is 5.36. The summed E-state index contributed by atoms with van der Waals surface area (Å²) in [5.74, 6) is 0.915. The zero-order valence-corrected chi connectivity index (χ0v) is 9.44. The highest BCUT2D eigenvalue weighted by Gasteiger charge is 2.11. The van der Waals surface area contributed by atoms with Crippen molar-refractivity contribution in [2.45, 2.75) is 30.4 Å². The van der Waals surface area contributed by atoms with Gasteiger partial charge in [0, 0.05) is 9.64 Å². The van der Waals surface area contributed by atoms with Crippen LogP contribution in [-0.4, -0.2) is 11.9 Å². The average molecular weight is 196 g/mol. The zero-order valence-electron chi connectivity index (χ0n) is 8.63. The lowest BCUT2D eigenvalue weighted by Gasteiger charge is -2.17. The standard InChI is InChI=1S/C11H16OS/c1-11(2,3)13-10-7-5-9(12-4)6-8-10/h5-8H,1-4H3. The molecule has 0 saturated heterocycles. The highest BCUT2D eigenvalue weighted by molar-refractivity contribution is 8.00. The molecule has 72 valence electrons. The molecule has 13 heavy (non-hydrogen) atoms. The Morgan fingerprint density at radius 2 is 1.62 bits per heavy atom. The first kappa shape index (κ1) is 10.5. The molecule has 0 heterocycles. The van der Waals surface area contributed by atoms with Crippen LogP contribution in [0.4, 0.5) is 0 Å². The van der Waals surface area contributed by atoms with Gasteiger partial charge in [-0.25, -0.2) is 0 Å². The van der Waals surface area contributed by atoms with E-state index in [1.807, 2.05) is 23.9 Å². The molecular weight excluding hydrogens is 180 g/mol. The van der Waals surface area contributed by atoms with Gasteiger partial charge < -0.3 is 4.74 Å². The van der Waals surface area contributed by atoms with Crippen molar-refractivity contribution >= 4 is 11.8 Å². The monoisotopic (exact) mass is 196 g/mol. The molecule has 0 aromatic heterocycles. The van der Waals surface area contributed by atoms with E-state index in [9.17, 15) is 0 Å². The summed E-state index contributed by atoms with van der Waals surface area (Å²) in [7, 11) is 1.69. The van der Waals surface area contributed by atoms with Crippen LogP contribution in [0.5, 0.6) is 5.75 Å². The number of methoxy groups -OCH3 is 1. The first-order chi connectivity index (χ1) is 6.01. The van der Waals surface area contributed by atoms with Crippen LogP contribution >= 0.6 is 11.8 Å². The van der Waals surface area contributed by atoms with E-state index in [0.717, 1.165) is 5.75 Å². The molecule has 0 spiro atoms. The van der Waals surface area contributed by atoms with Gasteiger partial charge in [0.2, 0.25) is 0 Å². The number of hydrogen-bond donors (Lipinski definition) is 0. The average Bonchev–Trinajstić information content (AvgIpc) is 2.03. The quantitative estimate of drug-likeness (QED) is 0.669. The van der Waals surface area contributed by atoms with E-state index in [2.05, 4.69) is 32.9 Å². The first-order valence-electron chi connectivity index (χ1n) is 4.34. The summed E-state index contributed by atoms with van der Waals surface area (Å²) in [4.78, 5) is 1.29. The zero-order chi connectivity index (χ0) is 9.90. The summed E-state index contributed by atoms with van der Waals surface area (Å²) in [6.45, 7) is 6.63. The Hall–Kier alpha value is -0.630. The fourth-order valence-electron chi connectivity index (χ4n) is 0.997. The van der Waals surface area contributed by atoms with Crippen molar-refractivity contribution in [2.75, 3.05) is 7.11 Å².